The maximum atomic E-state index is 12.1. The molecule has 0 saturated carbocycles. The van der Waals surface area contributed by atoms with Crippen molar-refractivity contribution < 1.29 is 4.79 Å². The highest BCUT2D eigenvalue weighted by Gasteiger charge is 2.13. The molecule has 0 spiro atoms. The molecule has 2 aromatic rings. The molecule has 6 heteroatoms. The number of likely N-dealkylation sites (N-methyl/N-ethyl adjacent to an activating group) is 1. The van der Waals surface area contributed by atoms with Crippen LogP contribution >= 0.6 is 27.3 Å². The second-order valence-corrected chi connectivity index (χ2v) is 5.79. The van der Waals surface area contributed by atoms with Crippen LogP contribution < -0.4 is 4.90 Å². The zero-order valence-electron chi connectivity index (χ0n) is 10.1. The summed E-state index contributed by atoms with van der Waals surface area (Å²) < 4.78 is 0.986. The third-order valence-corrected chi connectivity index (χ3v) is 4.24. The molecule has 19 heavy (non-hydrogen) atoms. The van der Waals surface area contributed by atoms with Crippen LogP contribution in [-0.2, 0) is 11.2 Å². The second-order valence-electron chi connectivity index (χ2n) is 3.88. The summed E-state index contributed by atoms with van der Waals surface area (Å²) in [7, 11) is 1.68. The highest BCUT2D eigenvalue weighted by atomic mass is 79.9. The van der Waals surface area contributed by atoms with Crippen molar-refractivity contribution in [2.75, 3.05) is 11.9 Å². The fourth-order valence-corrected chi connectivity index (χ4v) is 2.93. The van der Waals surface area contributed by atoms with Gasteiger partial charge in [-0.05, 0) is 34.1 Å². The monoisotopic (exact) mass is 335 g/mol. The number of thiophene rings is 1. The van der Waals surface area contributed by atoms with Crippen LogP contribution in [0.15, 0.2) is 34.2 Å². The predicted molar refractivity (Wildman–Crippen MR) is 78.1 cm³/mol. The van der Waals surface area contributed by atoms with E-state index >= 15 is 0 Å². The predicted octanol–water partition coefficient (Wildman–Crippen LogP) is 2.98. The van der Waals surface area contributed by atoms with Gasteiger partial charge in [0.15, 0.2) is 0 Å². The number of hydrogen-bond acceptors (Lipinski definition) is 4. The molecule has 0 saturated heterocycles. The Balaban J connectivity index is 2.08. The number of carbonyl (C=O) groups is 1. The molecule has 0 aliphatic heterocycles. The van der Waals surface area contributed by atoms with Gasteiger partial charge in [-0.2, -0.15) is 5.26 Å². The van der Waals surface area contributed by atoms with Crippen molar-refractivity contribution in [1.82, 2.24) is 4.98 Å². The normalized spacial score (nSPS) is 9.95. The van der Waals surface area contributed by atoms with Crippen molar-refractivity contribution >= 4 is 39.0 Å². The molecule has 0 bridgehead atoms. The van der Waals surface area contributed by atoms with E-state index in [2.05, 4.69) is 20.9 Å². The second kappa shape index (κ2) is 5.95. The number of pyridine rings is 1. The maximum Gasteiger partial charge on any atom is 0.233 e. The molecule has 0 fully saturated rings. The maximum absolute atomic E-state index is 12.1. The molecule has 2 rings (SSSR count). The molecule has 1 amide bonds. The van der Waals surface area contributed by atoms with Crippen LogP contribution in [0.25, 0.3) is 0 Å². The van der Waals surface area contributed by atoms with Crippen molar-refractivity contribution in [2.45, 2.75) is 6.42 Å². The molecule has 0 radical (unpaired) electrons. The lowest BCUT2D eigenvalue weighted by Crippen LogP contribution is -2.28. The molecular weight excluding hydrogens is 326 g/mol. The molecule has 0 atom stereocenters. The smallest absolute Gasteiger partial charge is 0.233 e. The average molecular weight is 336 g/mol. The summed E-state index contributed by atoms with van der Waals surface area (Å²) in [5, 5.41) is 10.6. The molecule has 0 aliphatic carbocycles. The van der Waals surface area contributed by atoms with Crippen molar-refractivity contribution in [3.63, 3.8) is 0 Å². The number of nitriles is 1. The largest absolute Gasteiger partial charge is 0.300 e. The summed E-state index contributed by atoms with van der Waals surface area (Å²) in [6.45, 7) is 0. The number of hydrogen-bond donors (Lipinski definition) is 0. The first-order valence-corrected chi connectivity index (χ1v) is 7.13. The summed E-state index contributed by atoms with van der Waals surface area (Å²) in [4.78, 5) is 18.7. The van der Waals surface area contributed by atoms with Crippen molar-refractivity contribution in [3.8, 4) is 6.07 Å². The fourth-order valence-electron chi connectivity index (χ4n) is 1.49. The van der Waals surface area contributed by atoms with E-state index in [0.717, 1.165) is 9.35 Å². The van der Waals surface area contributed by atoms with E-state index in [1.165, 1.54) is 22.4 Å². The number of amides is 1. The number of carbonyl (C=O) groups excluding carboxylic acids is 1. The van der Waals surface area contributed by atoms with Crippen LogP contribution in [0.5, 0.6) is 0 Å². The minimum atomic E-state index is -0.0356. The molecule has 2 aromatic heterocycles. The molecule has 0 aromatic carbocycles. The fraction of sp³-hybridized carbons (Fsp3) is 0.154. The third-order valence-electron chi connectivity index (χ3n) is 2.54. The highest BCUT2D eigenvalue weighted by Crippen LogP contribution is 2.21. The average Bonchev–Trinajstić information content (AvgIpc) is 2.83. The first kappa shape index (κ1) is 13.7. The van der Waals surface area contributed by atoms with Crippen LogP contribution in [0.3, 0.4) is 0 Å². The zero-order chi connectivity index (χ0) is 13.8. The molecule has 0 unspecified atom stereocenters. The van der Waals surface area contributed by atoms with Gasteiger partial charge in [-0.25, -0.2) is 4.98 Å². The Kier molecular flexibility index (Phi) is 4.30. The van der Waals surface area contributed by atoms with E-state index in [1.807, 2.05) is 17.5 Å². The number of anilines is 1. The molecule has 4 nitrogen and oxygen atoms in total. The van der Waals surface area contributed by atoms with E-state index < -0.39 is 0 Å². The number of halogens is 1. The molecular formula is C13H10BrN3OS. The summed E-state index contributed by atoms with van der Waals surface area (Å²) in [5.74, 6) is 0.506. The van der Waals surface area contributed by atoms with Crippen molar-refractivity contribution in [2.24, 2.45) is 0 Å². The van der Waals surface area contributed by atoms with Gasteiger partial charge >= 0.3 is 0 Å². The lowest BCUT2D eigenvalue weighted by molar-refractivity contribution is -0.117. The summed E-state index contributed by atoms with van der Waals surface area (Å²) >= 11 is 4.90. The third kappa shape index (κ3) is 3.40. The first-order valence-electron chi connectivity index (χ1n) is 5.46. The molecule has 96 valence electrons. The molecule has 0 aliphatic rings. The van der Waals surface area contributed by atoms with Gasteiger partial charge < -0.3 is 0 Å². The topological polar surface area (TPSA) is 57.0 Å². The van der Waals surface area contributed by atoms with E-state index in [4.69, 9.17) is 5.26 Å². The van der Waals surface area contributed by atoms with E-state index in [-0.39, 0.29) is 5.91 Å². The zero-order valence-corrected chi connectivity index (χ0v) is 12.5. The van der Waals surface area contributed by atoms with Crippen LogP contribution in [0.1, 0.15) is 10.4 Å². The van der Waals surface area contributed by atoms with Crippen LogP contribution in [0.4, 0.5) is 5.82 Å². The van der Waals surface area contributed by atoms with E-state index in [9.17, 15) is 4.79 Å². The Labute approximate surface area is 123 Å². The standard InChI is InChI=1S/C13H10BrN3OS/c1-17(12-3-2-9(6-15)7-16-12)13(18)5-11-4-10(14)8-19-11/h2-4,7-8H,5H2,1H3. The summed E-state index contributed by atoms with van der Waals surface area (Å²) in [6, 6.07) is 7.24. The Hall–Kier alpha value is -1.71. The molecule has 2 heterocycles. The Morgan fingerprint density at radius 2 is 2.37 bits per heavy atom. The van der Waals surface area contributed by atoms with Gasteiger partial charge in [0, 0.05) is 28.0 Å². The number of aromatic nitrogens is 1. The van der Waals surface area contributed by atoms with Gasteiger partial charge in [0.1, 0.15) is 11.9 Å². The highest BCUT2D eigenvalue weighted by molar-refractivity contribution is 9.10. The molecule has 0 N–H and O–H groups in total. The van der Waals surface area contributed by atoms with Crippen molar-refractivity contribution in [3.05, 3.63) is 44.7 Å². The van der Waals surface area contributed by atoms with E-state index in [1.54, 1.807) is 19.2 Å². The van der Waals surface area contributed by atoms with Gasteiger partial charge in [0.25, 0.3) is 0 Å². The van der Waals surface area contributed by atoms with Gasteiger partial charge in [0.2, 0.25) is 5.91 Å². The van der Waals surface area contributed by atoms with Gasteiger partial charge in [-0.15, -0.1) is 11.3 Å². The van der Waals surface area contributed by atoms with Crippen LogP contribution in [0, 0.1) is 11.3 Å². The number of rotatable bonds is 3. The van der Waals surface area contributed by atoms with E-state index in [0.29, 0.717) is 17.8 Å². The summed E-state index contributed by atoms with van der Waals surface area (Å²) in [6.07, 6.45) is 1.80. The van der Waals surface area contributed by atoms with Gasteiger partial charge in [-0.1, -0.05) is 0 Å². The SMILES string of the molecule is CN(C(=O)Cc1cc(Br)cs1)c1ccc(C#N)cn1. The summed E-state index contributed by atoms with van der Waals surface area (Å²) in [5.41, 5.74) is 0.479. The minimum absolute atomic E-state index is 0.0356. The lowest BCUT2D eigenvalue weighted by Gasteiger charge is -2.15. The van der Waals surface area contributed by atoms with Crippen molar-refractivity contribution in [1.29, 1.82) is 5.26 Å². The minimum Gasteiger partial charge on any atom is -0.300 e. The lowest BCUT2D eigenvalue weighted by atomic mass is 10.3. The Bertz CT molecular complexity index is 630. The number of nitrogens with zero attached hydrogens (tertiary/aromatic N) is 3. The van der Waals surface area contributed by atoms with Gasteiger partial charge in [0.05, 0.1) is 12.0 Å². The van der Waals surface area contributed by atoms with Gasteiger partial charge in [-0.3, -0.25) is 9.69 Å². The van der Waals surface area contributed by atoms with Crippen LogP contribution in [0.2, 0.25) is 0 Å². The Morgan fingerprint density at radius 3 is 2.89 bits per heavy atom. The first-order chi connectivity index (χ1) is 9.10. The quantitative estimate of drug-likeness (QED) is 0.866. The Morgan fingerprint density at radius 1 is 1.58 bits per heavy atom. The van der Waals surface area contributed by atoms with Crippen LogP contribution in [-0.4, -0.2) is 17.9 Å².